The van der Waals surface area contributed by atoms with Crippen LogP contribution in [0.5, 0.6) is 23.0 Å². The van der Waals surface area contributed by atoms with Crippen molar-refractivity contribution in [3.63, 3.8) is 0 Å². The lowest BCUT2D eigenvalue weighted by atomic mass is 9.52. The molecule has 0 amide bonds. The highest BCUT2D eigenvalue weighted by molar-refractivity contribution is 8.01. The number of benzene rings is 5. The molecule has 0 radical (unpaired) electrons. The minimum atomic E-state index is -0.896. The van der Waals surface area contributed by atoms with Gasteiger partial charge < -0.3 is 18.9 Å². The average Bonchev–Trinajstić information content (AvgIpc) is 3.79. The fourth-order valence-electron chi connectivity index (χ4n) is 14.0. The molecule has 4 aliphatic carbocycles. The van der Waals surface area contributed by atoms with Crippen molar-refractivity contribution in [2.24, 2.45) is 22.7 Å². The van der Waals surface area contributed by atoms with Crippen molar-refractivity contribution >= 4 is 28.6 Å². The van der Waals surface area contributed by atoms with Gasteiger partial charge in [-0.25, -0.2) is 0 Å². The van der Waals surface area contributed by atoms with Gasteiger partial charge in [-0.05, 0) is 126 Å². The fourth-order valence-corrected chi connectivity index (χ4v) is 15.7. The molecule has 5 aromatic carbocycles. The molecule has 4 nitrogen and oxygen atoms in total. The van der Waals surface area contributed by atoms with Crippen LogP contribution in [0.25, 0.3) is 28.0 Å². The summed E-state index contributed by atoms with van der Waals surface area (Å²) < 4.78 is 27.0. The Bertz CT molecular complexity index is 2450. The van der Waals surface area contributed by atoms with Crippen molar-refractivity contribution in [3.05, 3.63) is 119 Å². The van der Waals surface area contributed by atoms with Crippen molar-refractivity contribution in [1.82, 2.24) is 0 Å². The molecule has 3 saturated carbocycles. The first-order valence-electron chi connectivity index (χ1n) is 23.3. The second-order valence-electron chi connectivity index (χ2n) is 21.0. The minimum Gasteiger partial charge on any atom is -0.497 e. The van der Waals surface area contributed by atoms with Crippen LogP contribution in [0, 0.1) is 22.7 Å². The molecule has 61 heavy (non-hydrogen) atoms. The number of thioether (sulfide) groups is 1. The van der Waals surface area contributed by atoms with Crippen molar-refractivity contribution in [2.45, 2.75) is 132 Å². The number of fused-ring (bicyclic) bond motifs is 11. The maximum Gasteiger partial charge on any atom is 0.178 e. The van der Waals surface area contributed by atoms with Gasteiger partial charge in [-0.1, -0.05) is 133 Å². The number of ether oxygens (including phenoxy) is 4. The lowest BCUT2D eigenvalue weighted by Crippen LogP contribution is -2.47. The number of rotatable bonds is 6. The summed E-state index contributed by atoms with van der Waals surface area (Å²) in [7, 11) is 3.46. The van der Waals surface area contributed by atoms with E-state index in [-0.39, 0.29) is 21.2 Å². The zero-order valence-electron chi connectivity index (χ0n) is 37.1. The molecular weight excluding hydrogens is 769 g/mol. The Morgan fingerprint density at radius 2 is 1.20 bits per heavy atom. The van der Waals surface area contributed by atoms with Crippen LogP contribution in [-0.4, -0.2) is 19.2 Å². The number of hydrogen-bond acceptors (Lipinski definition) is 5. The first-order valence-corrected chi connectivity index (χ1v) is 24.1. The zero-order valence-corrected chi connectivity index (χ0v) is 37.9. The van der Waals surface area contributed by atoms with Crippen molar-refractivity contribution in [2.75, 3.05) is 14.2 Å². The van der Waals surface area contributed by atoms with Crippen LogP contribution >= 0.6 is 11.8 Å². The lowest BCUT2D eigenvalue weighted by Gasteiger charge is -2.52. The van der Waals surface area contributed by atoms with Crippen LogP contribution < -0.4 is 18.9 Å². The highest BCUT2D eigenvalue weighted by atomic mass is 32.2. The van der Waals surface area contributed by atoms with E-state index in [1.54, 1.807) is 14.2 Å². The molecule has 3 fully saturated rings. The molecule has 0 saturated heterocycles. The predicted octanol–water partition coefficient (Wildman–Crippen LogP) is 15.1. The van der Waals surface area contributed by atoms with Gasteiger partial charge in [0, 0.05) is 39.3 Å². The molecule has 5 heteroatoms. The summed E-state index contributed by atoms with van der Waals surface area (Å²) >= 11 is 2.08. The Morgan fingerprint density at radius 1 is 0.623 bits per heavy atom. The van der Waals surface area contributed by atoms with E-state index in [0.29, 0.717) is 11.8 Å². The molecule has 0 bridgehead atoms. The molecule has 1 spiro atoms. The molecule has 2 aliphatic heterocycles. The van der Waals surface area contributed by atoms with Crippen molar-refractivity contribution in [1.29, 1.82) is 0 Å². The minimum absolute atomic E-state index is 0.144. The van der Waals surface area contributed by atoms with E-state index >= 15 is 0 Å². The molecule has 5 aromatic rings. The number of hydrogen-bond donors (Lipinski definition) is 0. The predicted molar refractivity (Wildman–Crippen MR) is 250 cm³/mol. The summed E-state index contributed by atoms with van der Waals surface area (Å²) in [6, 6.07) is 31.3. The van der Waals surface area contributed by atoms with Crippen LogP contribution in [0.4, 0.5) is 0 Å². The Morgan fingerprint density at radius 3 is 1.77 bits per heavy atom. The molecule has 6 aliphatic rings. The Hall–Kier alpha value is -4.35. The van der Waals surface area contributed by atoms with Gasteiger partial charge in [-0.2, -0.15) is 0 Å². The Balaban J connectivity index is 1.19. The third-order valence-electron chi connectivity index (χ3n) is 15.7. The average molecular weight is 831 g/mol. The summed E-state index contributed by atoms with van der Waals surface area (Å²) in [5.74, 6) is 4.85. The largest absolute Gasteiger partial charge is 0.497 e. The second-order valence-corrected chi connectivity index (χ2v) is 22.3. The van der Waals surface area contributed by atoms with Gasteiger partial charge in [-0.15, -0.1) is 0 Å². The molecule has 0 N–H and O–H groups in total. The smallest absolute Gasteiger partial charge is 0.178 e. The maximum absolute atomic E-state index is 7.94. The van der Waals surface area contributed by atoms with Crippen LogP contribution in [0.2, 0.25) is 0 Å². The lowest BCUT2D eigenvalue weighted by molar-refractivity contribution is 0.0132. The highest BCUT2D eigenvalue weighted by Crippen LogP contribution is 2.68. The topological polar surface area (TPSA) is 36.9 Å². The summed E-state index contributed by atoms with van der Waals surface area (Å²) in [6.45, 7) is 10.0. The van der Waals surface area contributed by atoms with Gasteiger partial charge >= 0.3 is 0 Å². The van der Waals surface area contributed by atoms with Gasteiger partial charge in [0.15, 0.2) is 10.5 Å². The van der Waals surface area contributed by atoms with E-state index in [4.69, 9.17) is 18.9 Å². The molecule has 316 valence electrons. The van der Waals surface area contributed by atoms with Crippen molar-refractivity contribution in [3.8, 4) is 34.1 Å². The molecular formula is C56H62O4S. The molecule has 11 rings (SSSR count). The first-order chi connectivity index (χ1) is 29.5. The van der Waals surface area contributed by atoms with Crippen molar-refractivity contribution < 1.29 is 18.9 Å². The summed E-state index contributed by atoms with van der Waals surface area (Å²) in [4.78, 5) is 1.07. The normalized spacial score (nSPS) is 22.7. The van der Waals surface area contributed by atoms with Crippen LogP contribution in [0.15, 0.2) is 95.9 Å². The quantitative estimate of drug-likeness (QED) is 0.170. The molecule has 0 aromatic heterocycles. The van der Waals surface area contributed by atoms with E-state index in [9.17, 15) is 0 Å². The first kappa shape index (κ1) is 39.5. The highest BCUT2D eigenvalue weighted by Gasteiger charge is 2.57. The van der Waals surface area contributed by atoms with Gasteiger partial charge in [0.2, 0.25) is 0 Å². The fraction of sp³-hybridized carbons (Fsp3) is 0.464. The summed E-state index contributed by atoms with van der Waals surface area (Å²) in [5.41, 5.74) is 8.25. The van der Waals surface area contributed by atoms with Gasteiger partial charge in [0.05, 0.1) is 19.1 Å². The third-order valence-corrected chi connectivity index (χ3v) is 17.4. The van der Waals surface area contributed by atoms with Gasteiger partial charge in [0.1, 0.15) is 23.0 Å². The van der Waals surface area contributed by atoms with E-state index < -0.39 is 5.60 Å². The molecule has 0 atom stereocenters. The van der Waals surface area contributed by atoms with E-state index in [0.717, 1.165) is 47.0 Å². The summed E-state index contributed by atoms with van der Waals surface area (Å²) in [6.07, 6.45) is 21.2. The van der Waals surface area contributed by atoms with Gasteiger partial charge in [-0.3, -0.25) is 0 Å². The Labute approximate surface area is 367 Å². The maximum atomic E-state index is 7.94. The third kappa shape index (κ3) is 6.13. The van der Waals surface area contributed by atoms with E-state index in [1.165, 1.54) is 114 Å². The zero-order chi connectivity index (χ0) is 41.8. The SMILES string of the molecule is COc1ccc(C2(c3ccc(OC)cc3)C=Cc3c4c(c5cc6c(cc5c3O2)SC(C2CCCCC2)(C2CCCCC2)O6)-c2ccccc2C42CC(C)(C)CC(C)(C)C2)cc1. The van der Waals surface area contributed by atoms with Crippen LogP contribution in [0.1, 0.15) is 139 Å². The molecule has 0 unspecified atom stereocenters. The van der Waals surface area contributed by atoms with Crippen LogP contribution in [0.3, 0.4) is 0 Å². The van der Waals surface area contributed by atoms with Gasteiger partial charge in [0.25, 0.3) is 0 Å². The van der Waals surface area contributed by atoms with E-state index in [1.807, 2.05) is 0 Å². The Kier molecular flexibility index (Phi) is 9.29. The second kappa shape index (κ2) is 14.3. The monoisotopic (exact) mass is 830 g/mol. The summed E-state index contributed by atoms with van der Waals surface area (Å²) in [5, 5.41) is 2.44. The van der Waals surface area contributed by atoms with Crippen LogP contribution in [-0.2, 0) is 11.0 Å². The standard InChI is InChI=1S/C56H62O4S/c1-52(2)33-53(3,4)35-54(34-52)46-20-14-13-19-42(46)49-44-31-47-48(61-56(59-47,38-15-9-7-10-16-38)39-17-11-8-12-18-39)32-45(44)51-43(50(49)54)29-30-55(60-51,36-21-25-40(57-5)26-22-36)37-23-27-41(58-6)28-24-37/h13-14,19-32,38-39H,7-12,15-18,33-35H2,1-6H3. The molecule has 2 heterocycles. The van der Waals surface area contributed by atoms with E-state index in [2.05, 4.69) is 137 Å². The number of methoxy groups -OCH3 is 2.